The van der Waals surface area contributed by atoms with E-state index < -0.39 is 10.1 Å². The number of para-hydroxylation sites is 1. The molecule has 1 aliphatic rings. The number of Topliss-reactive ketones (excluding diaryl/α,β-unsaturated/α-hetero) is 1. The lowest BCUT2D eigenvalue weighted by molar-refractivity contribution is 0.101. The van der Waals surface area contributed by atoms with E-state index in [2.05, 4.69) is 0 Å². The quantitative estimate of drug-likeness (QED) is 0.644. The molecule has 1 N–H and O–H groups in total. The second-order valence-electron chi connectivity index (χ2n) is 5.60. The summed E-state index contributed by atoms with van der Waals surface area (Å²) in [6.07, 6.45) is 0.293. The smallest absolute Gasteiger partial charge is 0.264 e. The van der Waals surface area contributed by atoms with E-state index in [1.807, 2.05) is 41.3 Å². The van der Waals surface area contributed by atoms with Crippen LogP contribution < -0.4 is 4.90 Å². The summed E-state index contributed by atoms with van der Waals surface area (Å²) in [6.45, 7) is 1.96. The summed E-state index contributed by atoms with van der Waals surface area (Å²) >= 11 is 1.63. The minimum atomic E-state index is -3.99. The van der Waals surface area contributed by atoms with Gasteiger partial charge in [0.05, 0.1) is 17.1 Å². The fraction of sp³-hybridized carbons (Fsp3) is 0.235. The lowest BCUT2D eigenvalue weighted by atomic mass is 10.1. The van der Waals surface area contributed by atoms with Gasteiger partial charge >= 0.3 is 0 Å². The van der Waals surface area contributed by atoms with Crippen LogP contribution in [0.3, 0.4) is 0 Å². The molecule has 5 nitrogen and oxygen atoms in total. The molecule has 0 amide bonds. The van der Waals surface area contributed by atoms with Gasteiger partial charge in [0, 0.05) is 21.9 Å². The van der Waals surface area contributed by atoms with Crippen molar-refractivity contribution in [1.29, 1.82) is 0 Å². The topological polar surface area (TPSA) is 74.7 Å². The molecule has 0 aromatic heterocycles. The van der Waals surface area contributed by atoms with Gasteiger partial charge in [-0.3, -0.25) is 9.35 Å². The highest BCUT2D eigenvalue weighted by Gasteiger charge is 2.24. The van der Waals surface area contributed by atoms with Gasteiger partial charge in [-0.1, -0.05) is 30.0 Å². The van der Waals surface area contributed by atoms with Crippen LogP contribution >= 0.6 is 11.8 Å². The second-order valence-corrected chi connectivity index (χ2v) is 8.26. The van der Waals surface area contributed by atoms with E-state index in [-0.39, 0.29) is 11.5 Å². The summed E-state index contributed by atoms with van der Waals surface area (Å²) < 4.78 is 31.0. The average Bonchev–Trinajstić information content (AvgIpc) is 2.52. The largest absolute Gasteiger partial charge is 0.340 e. The van der Waals surface area contributed by atoms with Crippen LogP contribution in [-0.2, 0) is 10.1 Å². The zero-order valence-electron chi connectivity index (χ0n) is 13.1. The van der Waals surface area contributed by atoms with Crippen LogP contribution in [0.4, 0.5) is 11.4 Å². The molecular formula is C17H17NO4S2. The number of benzene rings is 2. The van der Waals surface area contributed by atoms with Crippen molar-refractivity contribution >= 4 is 39.0 Å². The Morgan fingerprint density at radius 2 is 1.83 bits per heavy atom. The molecule has 1 aliphatic heterocycles. The normalized spacial score (nSPS) is 13.3. The molecule has 0 radical (unpaired) electrons. The fourth-order valence-electron chi connectivity index (χ4n) is 2.69. The van der Waals surface area contributed by atoms with E-state index in [1.54, 1.807) is 17.8 Å². The Morgan fingerprint density at radius 3 is 2.54 bits per heavy atom. The molecule has 2 aromatic rings. The summed E-state index contributed by atoms with van der Waals surface area (Å²) in [6, 6.07) is 13.4. The Morgan fingerprint density at radius 1 is 1.12 bits per heavy atom. The highest BCUT2D eigenvalue weighted by molar-refractivity contribution is 7.99. The third-order valence-corrected chi connectivity index (χ3v) is 5.75. The number of fused-ring (bicyclic) bond motifs is 2. The van der Waals surface area contributed by atoms with E-state index >= 15 is 0 Å². The summed E-state index contributed by atoms with van der Waals surface area (Å²) in [5.41, 5.74) is 2.49. The van der Waals surface area contributed by atoms with Crippen LogP contribution in [0.5, 0.6) is 0 Å². The average molecular weight is 363 g/mol. The van der Waals surface area contributed by atoms with Crippen LogP contribution in [0, 0.1) is 0 Å². The number of hydrogen-bond donors (Lipinski definition) is 1. The molecule has 126 valence electrons. The molecule has 2 aromatic carbocycles. The molecule has 1 heterocycles. The lowest BCUT2D eigenvalue weighted by Gasteiger charge is -2.33. The van der Waals surface area contributed by atoms with E-state index in [1.165, 1.54) is 6.92 Å². The van der Waals surface area contributed by atoms with Crippen molar-refractivity contribution in [3.8, 4) is 0 Å². The number of carbonyl (C=O) groups is 1. The third-order valence-electron chi connectivity index (χ3n) is 3.82. The first-order chi connectivity index (χ1) is 11.3. The van der Waals surface area contributed by atoms with Crippen LogP contribution in [0.2, 0.25) is 0 Å². The predicted octanol–water partition coefficient (Wildman–Crippen LogP) is 3.77. The minimum absolute atomic E-state index is 0.0143. The maximum atomic E-state index is 11.7. The number of anilines is 2. The van der Waals surface area contributed by atoms with Crippen LogP contribution in [0.1, 0.15) is 23.7 Å². The zero-order valence-corrected chi connectivity index (χ0v) is 14.7. The summed E-state index contributed by atoms with van der Waals surface area (Å²) in [5.74, 6) is -0.305. The maximum Gasteiger partial charge on any atom is 0.264 e. The molecule has 0 unspecified atom stereocenters. The molecule has 7 heteroatoms. The van der Waals surface area contributed by atoms with Gasteiger partial charge < -0.3 is 4.90 Å². The number of ketones is 1. The fourth-order valence-corrected chi connectivity index (χ4v) is 4.26. The molecule has 0 saturated carbocycles. The molecule has 24 heavy (non-hydrogen) atoms. The van der Waals surface area contributed by atoms with Gasteiger partial charge in [-0.25, -0.2) is 0 Å². The lowest BCUT2D eigenvalue weighted by Crippen LogP contribution is -2.24. The van der Waals surface area contributed by atoms with Gasteiger partial charge in [-0.15, -0.1) is 0 Å². The standard InChI is InChI=1S/C17H17NO4S2/c1-12(19)13-7-8-17-15(11-13)18(9-4-10-24(20,21)22)14-5-2-3-6-16(14)23-17/h2-3,5-8,11H,4,9-10H2,1H3,(H,20,21,22). The van der Waals surface area contributed by atoms with Crippen molar-refractivity contribution in [3.05, 3.63) is 48.0 Å². The first kappa shape index (κ1) is 17.0. The van der Waals surface area contributed by atoms with Crippen molar-refractivity contribution in [2.24, 2.45) is 0 Å². The first-order valence-corrected chi connectivity index (χ1v) is 9.92. The molecule has 0 aliphatic carbocycles. The molecule has 0 bridgehead atoms. The van der Waals surface area contributed by atoms with E-state index in [4.69, 9.17) is 4.55 Å². The molecule has 0 spiro atoms. The number of carbonyl (C=O) groups excluding carboxylic acids is 1. The van der Waals surface area contributed by atoms with Crippen LogP contribution in [0.25, 0.3) is 0 Å². The van der Waals surface area contributed by atoms with Gasteiger partial charge in [0.2, 0.25) is 0 Å². The highest BCUT2D eigenvalue weighted by Crippen LogP contribution is 2.48. The molecule has 0 atom stereocenters. The van der Waals surface area contributed by atoms with Crippen molar-refractivity contribution < 1.29 is 17.8 Å². The van der Waals surface area contributed by atoms with Crippen molar-refractivity contribution in [1.82, 2.24) is 0 Å². The molecular weight excluding hydrogens is 346 g/mol. The number of nitrogens with zero attached hydrogens (tertiary/aromatic N) is 1. The highest BCUT2D eigenvalue weighted by atomic mass is 32.2. The third kappa shape index (κ3) is 3.63. The van der Waals surface area contributed by atoms with E-state index in [0.717, 1.165) is 21.2 Å². The van der Waals surface area contributed by atoms with Gasteiger partial charge in [-0.05, 0) is 37.6 Å². The van der Waals surface area contributed by atoms with Crippen molar-refractivity contribution in [3.63, 3.8) is 0 Å². The molecule has 0 saturated heterocycles. The SMILES string of the molecule is CC(=O)c1ccc2c(c1)N(CCCS(=O)(=O)O)c1ccccc1S2. The summed E-state index contributed by atoms with van der Waals surface area (Å²) in [4.78, 5) is 15.8. The van der Waals surface area contributed by atoms with Crippen LogP contribution in [0.15, 0.2) is 52.3 Å². The van der Waals surface area contributed by atoms with Crippen molar-refractivity contribution in [2.75, 3.05) is 17.2 Å². The second kappa shape index (κ2) is 6.58. The predicted molar refractivity (Wildman–Crippen MR) is 95.1 cm³/mol. The Balaban J connectivity index is 1.99. The van der Waals surface area contributed by atoms with E-state index in [0.29, 0.717) is 18.5 Å². The Labute approximate surface area is 145 Å². The summed E-state index contributed by atoms with van der Waals surface area (Å²) in [5, 5.41) is 0. The first-order valence-electron chi connectivity index (χ1n) is 7.50. The van der Waals surface area contributed by atoms with Gasteiger partial charge in [0.15, 0.2) is 5.78 Å². The maximum absolute atomic E-state index is 11.7. The van der Waals surface area contributed by atoms with Gasteiger partial charge in [-0.2, -0.15) is 8.42 Å². The minimum Gasteiger partial charge on any atom is -0.340 e. The van der Waals surface area contributed by atoms with Gasteiger partial charge in [0.1, 0.15) is 0 Å². The Bertz CT molecular complexity index is 893. The monoisotopic (exact) mass is 363 g/mol. The number of rotatable bonds is 5. The number of hydrogen-bond acceptors (Lipinski definition) is 5. The zero-order chi connectivity index (χ0) is 17.3. The van der Waals surface area contributed by atoms with Gasteiger partial charge in [0.25, 0.3) is 10.1 Å². The van der Waals surface area contributed by atoms with E-state index in [9.17, 15) is 13.2 Å². The molecule has 0 fully saturated rings. The molecule has 3 rings (SSSR count). The van der Waals surface area contributed by atoms with Crippen LogP contribution in [-0.4, -0.2) is 31.1 Å². The van der Waals surface area contributed by atoms with Crippen molar-refractivity contribution in [2.45, 2.75) is 23.1 Å². The Kier molecular flexibility index (Phi) is 4.67. The Hall–Kier alpha value is -1.83. The summed E-state index contributed by atoms with van der Waals surface area (Å²) in [7, 11) is -3.99.